The van der Waals surface area contributed by atoms with Crippen LogP contribution in [-0.4, -0.2) is 37.4 Å². The van der Waals surface area contributed by atoms with Gasteiger partial charge in [-0.1, -0.05) is 36.4 Å². The number of benzene rings is 3. The summed E-state index contributed by atoms with van der Waals surface area (Å²) >= 11 is 0. The van der Waals surface area contributed by atoms with Crippen LogP contribution in [0.1, 0.15) is 23.1 Å². The zero-order valence-corrected chi connectivity index (χ0v) is 20.6. The van der Waals surface area contributed by atoms with Crippen molar-refractivity contribution in [2.45, 2.75) is 26.7 Å². The molecule has 0 spiro atoms. The summed E-state index contributed by atoms with van der Waals surface area (Å²) in [5.74, 6) is -0.288. The van der Waals surface area contributed by atoms with E-state index in [4.69, 9.17) is 4.74 Å². The van der Waals surface area contributed by atoms with Gasteiger partial charge in [0, 0.05) is 30.9 Å². The summed E-state index contributed by atoms with van der Waals surface area (Å²) in [5.41, 5.74) is 4.86. The lowest BCUT2D eigenvalue weighted by molar-refractivity contribution is -0.126. The largest absolute Gasteiger partial charge is 0.484 e. The normalized spacial score (nSPS) is 15.0. The number of carbonyl (C=O) groups is 3. The van der Waals surface area contributed by atoms with Gasteiger partial charge in [-0.2, -0.15) is 0 Å². The molecule has 4 rings (SSSR count). The minimum atomic E-state index is -0.377. The van der Waals surface area contributed by atoms with E-state index in [1.165, 1.54) is 0 Å². The summed E-state index contributed by atoms with van der Waals surface area (Å²) in [5, 5.41) is 5.78. The lowest BCUT2D eigenvalue weighted by Gasteiger charge is -2.17. The fourth-order valence-electron chi connectivity index (χ4n) is 4.14. The van der Waals surface area contributed by atoms with Crippen molar-refractivity contribution in [3.8, 4) is 5.75 Å². The summed E-state index contributed by atoms with van der Waals surface area (Å²) in [4.78, 5) is 39.0. The molecule has 0 saturated carbocycles. The van der Waals surface area contributed by atoms with E-state index in [0.717, 1.165) is 28.8 Å². The second kappa shape index (κ2) is 11.5. The van der Waals surface area contributed by atoms with Gasteiger partial charge in [0.15, 0.2) is 6.61 Å². The zero-order valence-electron chi connectivity index (χ0n) is 20.6. The molecule has 186 valence electrons. The lowest BCUT2D eigenvalue weighted by Crippen LogP contribution is -2.34. The predicted molar refractivity (Wildman–Crippen MR) is 140 cm³/mol. The molecule has 1 aliphatic heterocycles. The highest BCUT2D eigenvalue weighted by atomic mass is 16.5. The molecular formula is C29H31N3O4. The molecule has 3 amide bonds. The molecule has 0 aromatic heterocycles. The Balaban J connectivity index is 1.24. The topological polar surface area (TPSA) is 87.7 Å². The fraction of sp³-hybridized carbons (Fsp3) is 0.276. The Labute approximate surface area is 211 Å². The maximum atomic E-state index is 12.6. The minimum absolute atomic E-state index is 0.0837. The van der Waals surface area contributed by atoms with E-state index in [0.29, 0.717) is 24.5 Å². The molecule has 0 radical (unpaired) electrons. The monoisotopic (exact) mass is 485 g/mol. The molecule has 7 nitrogen and oxygen atoms in total. The lowest BCUT2D eigenvalue weighted by atomic mass is 10.1. The van der Waals surface area contributed by atoms with E-state index in [1.54, 1.807) is 29.2 Å². The van der Waals surface area contributed by atoms with Crippen LogP contribution in [0.25, 0.3) is 0 Å². The Morgan fingerprint density at radius 1 is 0.972 bits per heavy atom. The zero-order chi connectivity index (χ0) is 25.5. The van der Waals surface area contributed by atoms with Crippen LogP contribution in [0.5, 0.6) is 5.75 Å². The van der Waals surface area contributed by atoms with Gasteiger partial charge in [0.2, 0.25) is 11.8 Å². The molecule has 36 heavy (non-hydrogen) atoms. The minimum Gasteiger partial charge on any atom is -0.484 e. The van der Waals surface area contributed by atoms with Crippen LogP contribution in [0, 0.1) is 19.8 Å². The molecule has 3 aromatic rings. The van der Waals surface area contributed by atoms with Crippen molar-refractivity contribution < 1.29 is 19.1 Å². The third-order valence-corrected chi connectivity index (χ3v) is 6.36. The second-order valence-corrected chi connectivity index (χ2v) is 9.06. The molecule has 2 N–H and O–H groups in total. The maximum absolute atomic E-state index is 12.6. The van der Waals surface area contributed by atoms with Gasteiger partial charge in [0.1, 0.15) is 5.75 Å². The van der Waals surface area contributed by atoms with Crippen LogP contribution in [0.4, 0.5) is 11.4 Å². The Morgan fingerprint density at radius 3 is 2.44 bits per heavy atom. The third-order valence-electron chi connectivity index (χ3n) is 6.36. The first-order valence-electron chi connectivity index (χ1n) is 12.1. The number of hydrogen-bond donors (Lipinski definition) is 2. The number of hydrogen-bond acceptors (Lipinski definition) is 4. The number of rotatable bonds is 9. The quantitative estimate of drug-likeness (QED) is 0.479. The Morgan fingerprint density at radius 2 is 1.72 bits per heavy atom. The number of aryl methyl sites for hydroxylation is 2. The van der Waals surface area contributed by atoms with E-state index >= 15 is 0 Å². The van der Waals surface area contributed by atoms with Gasteiger partial charge in [0.25, 0.3) is 5.91 Å². The van der Waals surface area contributed by atoms with E-state index in [-0.39, 0.29) is 36.7 Å². The molecule has 7 heteroatoms. The predicted octanol–water partition coefficient (Wildman–Crippen LogP) is 4.03. The van der Waals surface area contributed by atoms with Gasteiger partial charge in [-0.25, -0.2) is 0 Å². The smallest absolute Gasteiger partial charge is 0.262 e. The van der Waals surface area contributed by atoms with Crippen LogP contribution < -0.4 is 20.3 Å². The highest BCUT2D eigenvalue weighted by Crippen LogP contribution is 2.27. The first-order chi connectivity index (χ1) is 17.4. The van der Waals surface area contributed by atoms with Gasteiger partial charge >= 0.3 is 0 Å². The van der Waals surface area contributed by atoms with E-state index in [9.17, 15) is 14.4 Å². The highest BCUT2D eigenvalue weighted by molar-refractivity contribution is 6.00. The van der Waals surface area contributed by atoms with Crippen LogP contribution in [0.2, 0.25) is 0 Å². The number of amides is 3. The average Bonchev–Trinajstić information content (AvgIpc) is 3.27. The van der Waals surface area contributed by atoms with Gasteiger partial charge < -0.3 is 20.3 Å². The summed E-state index contributed by atoms with van der Waals surface area (Å²) in [7, 11) is 0. The molecule has 1 saturated heterocycles. The van der Waals surface area contributed by atoms with Crippen LogP contribution >= 0.6 is 0 Å². The van der Waals surface area contributed by atoms with Crippen molar-refractivity contribution >= 4 is 29.1 Å². The Hall–Kier alpha value is -4.13. The SMILES string of the molecule is Cc1ccc(NC(=O)COc2ccc(N3C[C@H](C(=O)NCCc4ccccc4)CC3=O)cc2)cc1C. The first-order valence-corrected chi connectivity index (χ1v) is 12.1. The van der Waals surface area contributed by atoms with Gasteiger partial charge in [-0.15, -0.1) is 0 Å². The van der Waals surface area contributed by atoms with Crippen molar-refractivity contribution in [1.29, 1.82) is 0 Å². The summed E-state index contributed by atoms with van der Waals surface area (Å²) in [6, 6.07) is 22.7. The van der Waals surface area contributed by atoms with Crippen molar-refractivity contribution in [2.24, 2.45) is 5.92 Å². The molecule has 0 unspecified atom stereocenters. The standard InChI is InChI=1S/C29H31N3O4/c1-20-8-9-24(16-21(20)2)31-27(33)19-36-26-12-10-25(11-13-26)32-18-23(17-28(32)34)29(35)30-15-14-22-6-4-3-5-7-22/h3-13,16,23H,14-15,17-19H2,1-2H3,(H,30,35)(H,31,33)/t23-/m1/s1. The number of carbonyl (C=O) groups excluding carboxylic acids is 3. The van der Waals surface area contributed by atoms with Crippen LogP contribution in [0.15, 0.2) is 72.8 Å². The van der Waals surface area contributed by atoms with E-state index < -0.39 is 0 Å². The maximum Gasteiger partial charge on any atom is 0.262 e. The van der Waals surface area contributed by atoms with Crippen molar-refractivity contribution in [3.05, 3.63) is 89.5 Å². The van der Waals surface area contributed by atoms with Crippen molar-refractivity contribution in [2.75, 3.05) is 29.9 Å². The van der Waals surface area contributed by atoms with Gasteiger partial charge in [0.05, 0.1) is 5.92 Å². The summed E-state index contributed by atoms with van der Waals surface area (Å²) < 4.78 is 5.60. The third kappa shape index (κ3) is 6.50. The molecule has 1 fully saturated rings. The Bertz CT molecular complexity index is 1230. The molecule has 3 aromatic carbocycles. The number of anilines is 2. The molecule has 0 bridgehead atoms. The molecule has 0 aliphatic carbocycles. The summed E-state index contributed by atoms with van der Waals surface area (Å²) in [6.45, 7) is 4.77. The number of ether oxygens (including phenoxy) is 1. The number of nitrogens with zero attached hydrogens (tertiary/aromatic N) is 1. The van der Waals surface area contributed by atoms with E-state index in [1.807, 2.05) is 62.4 Å². The van der Waals surface area contributed by atoms with Crippen LogP contribution in [0.3, 0.4) is 0 Å². The first kappa shape index (κ1) is 25.0. The van der Waals surface area contributed by atoms with E-state index in [2.05, 4.69) is 10.6 Å². The van der Waals surface area contributed by atoms with Gasteiger partial charge in [-0.05, 0) is 73.4 Å². The fourth-order valence-corrected chi connectivity index (χ4v) is 4.14. The van der Waals surface area contributed by atoms with Crippen LogP contribution in [-0.2, 0) is 20.8 Å². The van der Waals surface area contributed by atoms with Gasteiger partial charge in [-0.3, -0.25) is 14.4 Å². The molecule has 1 atom stereocenters. The number of nitrogens with one attached hydrogen (secondary N) is 2. The molecule has 1 heterocycles. The Kier molecular flexibility index (Phi) is 8.00. The molecular weight excluding hydrogens is 454 g/mol. The molecule has 1 aliphatic rings. The average molecular weight is 486 g/mol. The summed E-state index contributed by atoms with van der Waals surface area (Å²) in [6.07, 6.45) is 0.940. The van der Waals surface area contributed by atoms with Crippen molar-refractivity contribution in [3.63, 3.8) is 0 Å². The highest BCUT2D eigenvalue weighted by Gasteiger charge is 2.34. The second-order valence-electron chi connectivity index (χ2n) is 9.06. The van der Waals surface area contributed by atoms with Crippen molar-refractivity contribution in [1.82, 2.24) is 5.32 Å².